The molecule has 2 aliphatic heterocycles. The van der Waals surface area contributed by atoms with E-state index in [2.05, 4.69) is 10.6 Å². The number of hydrogen-bond donors (Lipinski definition) is 2. The van der Waals surface area contributed by atoms with E-state index in [9.17, 15) is 18.4 Å². The van der Waals surface area contributed by atoms with Crippen molar-refractivity contribution in [2.45, 2.75) is 37.8 Å². The van der Waals surface area contributed by atoms with Gasteiger partial charge in [-0.25, -0.2) is 8.78 Å². The van der Waals surface area contributed by atoms with Crippen LogP contribution in [0.15, 0.2) is 18.2 Å². The van der Waals surface area contributed by atoms with Crippen LogP contribution in [0.4, 0.5) is 14.5 Å². The van der Waals surface area contributed by atoms with E-state index >= 15 is 0 Å². The highest BCUT2D eigenvalue weighted by molar-refractivity contribution is 6.01. The predicted molar refractivity (Wildman–Crippen MR) is 80.9 cm³/mol. The van der Waals surface area contributed by atoms with Gasteiger partial charge in [0.15, 0.2) is 0 Å². The highest BCUT2D eigenvalue weighted by Crippen LogP contribution is 2.27. The summed E-state index contributed by atoms with van der Waals surface area (Å²) in [5, 5.41) is 5.81. The first-order valence-corrected chi connectivity index (χ1v) is 7.87. The molecule has 1 aromatic carbocycles. The van der Waals surface area contributed by atoms with Crippen molar-refractivity contribution in [3.63, 3.8) is 0 Å². The minimum Gasteiger partial charge on any atom is -0.343 e. The molecule has 2 fully saturated rings. The molecule has 23 heavy (non-hydrogen) atoms. The first-order chi connectivity index (χ1) is 11.1. The van der Waals surface area contributed by atoms with Gasteiger partial charge in [0.1, 0.15) is 23.4 Å². The predicted octanol–water partition coefficient (Wildman–Crippen LogP) is 1.33. The molecule has 0 bridgehead atoms. The van der Waals surface area contributed by atoms with Crippen molar-refractivity contribution in [1.29, 1.82) is 0 Å². The fraction of sp³-hybridized carbons (Fsp3) is 0.500. The second-order valence-electron chi connectivity index (χ2n) is 5.91. The van der Waals surface area contributed by atoms with E-state index < -0.39 is 23.6 Å². The quantitative estimate of drug-likeness (QED) is 0.882. The molecule has 124 valence electrons. The van der Waals surface area contributed by atoms with E-state index in [4.69, 9.17) is 0 Å². The van der Waals surface area contributed by atoms with Crippen molar-refractivity contribution >= 4 is 17.5 Å². The number of carbonyl (C=O) groups is 2. The Morgan fingerprint density at radius 1 is 1.22 bits per heavy atom. The molecule has 0 radical (unpaired) electrons. The Morgan fingerprint density at radius 3 is 2.61 bits per heavy atom. The summed E-state index contributed by atoms with van der Waals surface area (Å²) in [6.45, 7) is 0.961. The lowest BCUT2D eigenvalue weighted by molar-refractivity contribution is -0.128. The van der Waals surface area contributed by atoms with Crippen LogP contribution >= 0.6 is 0 Å². The monoisotopic (exact) mass is 323 g/mol. The van der Waals surface area contributed by atoms with Gasteiger partial charge in [0.25, 0.3) is 0 Å². The fourth-order valence-electron chi connectivity index (χ4n) is 3.13. The maximum Gasteiger partial charge on any atom is 0.249 e. The molecule has 3 rings (SSSR count). The van der Waals surface area contributed by atoms with Gasteiger partial charge in [0.2, 0.25) is 11.8 Å². The van der Waals surface area contributed by atoms with Crippen molar-refractivity contribution in [3.05, 3.63) is 29.8 Å². The molecule has 0 saturated carbocycles. The van der Waals surface area contributed by atoms with E-state index in [1.807, 2.05) is 0 Å². The van der Waals surface area contributed by atoms with Gasteiger partial charge in [0, 0.05) is 6.54 Å². The number of halogens is 2. The Hall–Kier alpha value is -2.02. The maximum atomic E-state index is 13.8. The first-order valence-electron chi connectivity index (χ1n) is 7.87. The lowest BCUT2D eigenvalue weighted by Gasteiger charge is -2.24. The van der Waals surface area contributed by atoms with E-state index in [1.165, 1.54) is 6.07 Å². The van der Waals surface area contributed by atoms with Crippen LogP contribution in [-0.2, 0) is 9.59 Å². The fourth-order valence-corrected chi connectivity index (χ4v) is 3.13. The zero-order chi connectivity index (χ0) is 16.4. The van der Waals surface area contributed by atoms with Crippen LogP contribution in [0.25, 0.3) is 0 Å². The van der Waals surface area contributed by atoms with Crippen LogP contribution in [0.2, 0.25) is 0 Å². The number of carbonyl (C=O) groups excluding carboxylic acids is 2. The minimum atomic E-state index is -0.778. The Labute approximate surface area is 133 Å². The van der Waals surface area contributed by atoms with Gasteiger partial charge in [-0.2, -0.15) is 0 Å². The van der Waals surface area contributed by atoms with Crippen molar-refractivity contribution in [1.82, 2.24) is 10.6 Å². The van der Waals surface area contributed by atoms with Gasteiger partial charge in [-0.05, 0) is 37.9 Å². The summed E-state index contributed by atoms with van der Waals surface area (Å²) in [6, 6.07) is 2.46. The molecule has 0 spiro atoms. The lowest BCUT2D eigenvalue weighted by atomic mass is 10.0. The van der Waals surface area contributed by atoms with Crippen LogP contribution in [0, 0.1) is 11.6 Å². The molecular weight excluding hydrogens is 304 g/mol. The number of rotatable bonds is 3. The number of piperidine rings is 1. The first kappa shape index (κ1) is 15.9. The maximum absolute atomic E-state index is 13.8. The number of para-hydroxylation sites is 1. The highest BCUT2D eigenvalue weighted by Gasteiger charge is 2.37. The third-order valence-electron chi connectivity index (χ3n) is 4.36. The molecule has 2 heterocycles. The van der Waals surface area contributed by atoms with Gasteiger partial charge < -0.3 is 15.5 Å². The van der Waals surface area contributed by atoms with Gasteiger partial charge in [-0.15, -0.1) is 0 Å². The van der Waals surface area contributed by atoms with Crippen molar-refractivity contribution < 1.29 is 18.4 Å². The van der Waals surface area contributed by atoms with Crippen LogP contribution in [-0.4, -0.2) is 37.0 Å². The van der Waals surface area contributed by atoms with Crippen LogP contribution in [0.1, 0.15) is 25.7 Å². The molecule has 5 nitrogen and oxygen atoms in total. The normalized spacial score (nSPS) is 24.8. The van der Waals surface area contributed by atoms with Crippen molar-refractivity contribution in [2.24, 2.45) is 0 Å². The molecule has 0 aromatic heterocycles. The third-order valence-corrected chi connectivity index (χ3v) is 4.36. The summed E-state index contributed by atoms with van der Waals surface area (Å²) in [5.74, 6) is -2.25. The molecule has 0 aliphatic carbocycles. The molecular formula is C16H19F2N3O2. The SMILES string of the molecule is O=C(NC1CCN(c2c(F)cccc2F)C1=O)C1CCCCN1. The summed E-state index contributed by atoms with van der Waals surface area (Å²) in [7, 11) is 0. The largest absolute Gasteiger partial charge is 0.343 e. The number of nitrogens with zero attached hydrogens (tertiary/aromatic N) is 1. The lowest BCUT2D eigenvalue weighted by Crippen LogP contribution is -2.51. The van der Waals surface area contributed by atoms with E-state index in [1.54, 1.807) is 0 Å². The van der Waals surface area contributed by atoms with Gasteiger partial charge >= 0.3 is 0 Å². The Balaban J connectivity index is 1.68. The Morgan fingerprint density at radius 2 is 1.96 bits per heavy atom. The summed E-state index contributed by atoms with van der Waals surface area (Å²) in [5.41, 5.74) is -0.343. The highest BCUT2D eigenvalue weighted by atomic mass is 19.1. The third kappa shape index (κ3) is 3.19. The molecule has 2 unspecified atom stereocenters. The van der Waals surface area contributed by atoms with E-state index in [0.29, 0.717) is 6.42 Å². The molecule has 2 amide bonds. The molecule has 7 heteroatoms. The summed E-state index contributed by atoms with van der Waals surface area (Å²) in [6.07, 6.45) is 3.08. The standard InChI is InChI=1S/C16H19F2N3O2/c17-10-4-3-5-11(18)14(10)21-9-7-13(16(21)23)20-15(22)12-6-1-2-8-19-12/h3-5,12-13,19H,1-2,6-9H2,(H,20,22). The van der Waals surface area contributed by atoms with Crippen LogP contribution < -0.4 is 15.5 Å². The molecule has 2 aliphatic rings. The molecule has 2 N–H and O–H groups in total. The van der Waals surface area contributed by atoms with E-state index in [0.717, 1.165) is 42.8 Å². The number of nitrogens with one attached hydrogen (secondary N) is 2. The van der Waals surface area contributed by atoms with Crippen LogP contribution in [0.3, 0.4) is 0 Å². The smallest absolute Gasteiger partial charge is 0.249 e. The van der Waals surface area contributed by atoms with Gasteiger partial charge in [-0.3, -0.25) is 9.59 Å². The van der Waals surface area contributed by atoms with Crippen LogP contribution in [0.5, 0.6) is 0 Å². The minimum absolute atomic E-state index is 0.180. The zero-order valence-corrected chi connectivity index (χ0v) is 12.6. The number of anilines is 1. The number of amides is 2. The average molecular weight is 323 g/mol. The number of benzene rings is 1. The summed E-state index contributed by atoms with van der Waals surface area (Å²) >= 11 is 0. The molecule has 1 aromatic rings. The molecule has 2 saturated heterocycles. The molecule has 2 atom stereocenters. The number of hydrogen-bond acceptors (Lipinski definition) is 3. The second-order valence-corrected chi connectivity index (χ2v) is 5.91. The van der Waals surface area contributed by atoms with E-state index in [-0.39, 0.29) is 24.2 Å². The summed E-state index contributed by atoms with van der Waals surface area (Å²) in [4.78, 5) is 25.6. The Kier molecular flexibility index (Phi) is 4.56. The Bertz CT molecular complexity index is 597. The zero-order valence-electron chi connectivity index (χ0n) is 12.6. The van der Waals surface area contributed by atoms with Gasteiger partial charge in [0.05, 0.1) is 6.04 Å². The van der Waals surface area contributed by atoms with Crippen molar-refractivity contribution in [3.8, 4) is 0 Å². The van der Waals surface area contributed by atoms with Gasteiger partial charge in [-0.1, -0.05) is 12.5 Å². The average Bonchev–Trinajstić information content (AvgIpc) is 2.89. The van der Waals surface area contributed by atoms with Crippen molar-refractivity contribution in [2.75, 3.05) is 18.0 Å². The topological polar surface area (TPSA) is 61.4 Å². The summed E-state index contributed by atoms with van der Waals surface area (Å²) < 4.78 is 27.6. The second kappa shape index (κ2) is 6.62.